The van der Waals surface area contributed by atoms with Crippen molar-refractivity contribution in [1.82, 2.24) is 0 Å². The molecule has 1 aromatic rings. The summed E-state index contributed by atoms with van der Waals surface area (Å²) < 4.78 is 24.1. The third-order valence-electron chi connectivity index (χ3n) is 3.61. The molecule has 0 bridgehead atoms. The average molecular weight is 254 g/mol. The lowest BCUT2D eigenvalue weighted by Crippen LogP contribution is -2.43. The number of hydrogen-bond donors (Lipinski definition) is 1. The molecule has 1 fully saturated rings. The highest BCUT2D eigenvalue weighted by Gasteiger charge is 2.48. The van der Waals surface area contributed by atoms with Crippen LogP contribution in [0, 0.1) is 5.82 Å². The molecular weight excluding hydrogens is 239 g/mol. The largest absolute Gasteiger partial charge is 0.493 e. The molecule has 1 aliphatic rings. The molecule has 0 aromatic heterocycles. The maximum atomic E-state index is 14.0. The normalized spacial score (nSPS) is 16.8. The van der Waals surface area contributed by atoms with Crippen molar-refractivity contribution in [3.05, 3.63) is 23.5 Å². The van der Waals surface area contributed by atoms with Crippen molar-refractivity contribution in [2.24, 2.45) is 0 Å². The second kappa shape index (κ2) is 4.48. The smallest absolute Gasteiger partial charge is 0.314 e. The summed E-state index contributed by atoms with van der Waals surface area (Å²) in [6.07, 6.45) is 1.70. The van der Waals surface area contributed by atoms with E-state index in [2.05, 4.69) is 0 Å². The highest BCUT2D eigenvalue weighted by molar-refractivity contribution is 5.83. The van der Waals surface area contributed by atoms with Crippen LogP contribution in [-0.2, 0) is 10.2 Å². The summed E-state index contributed by atoms with van der Waals surface area (Å²) in [4.78, 5) is 11.4. The monoisotopic (exact) mass is 254 g/mol. The lowest BCUT2D eigenvalue weighted by atomic mass is 9.64. The van der Waals surface area contributed by atoms with E-state index in [-0.39, 0.29) is 11.3 Å². The summed E-state index contributed by atoms with van der Waals surface area (Å²) >= 11 is 0. The maximum absolute atomic E-state index is 14.0. The minimum absolute atomic E-state index is 0.180. The predicted molar refractivity (Wildman–Crippen MR) is 62.7 cm³/mol. The van der Waals surface area contributed by atoms with E-state index >= 15 is 0 Å². The van der Waals surface area contributed by atoms with E-state index < -0.39 is 17.2 Å². The summed E-state index contributed by atoms with van der Waals surface area (Å²) in [7, 11) is 2.85. The molecule has 0 radical (unpaired) electrons. The van der Waals surface area contributed by atoms with Crippen LogP contribution in [0.5, 0.6) is 11.5 Å². The Morgan fingerprint density at radius 3 is 2.22 bits per heavy atom. The van der Waals surface area contributed by atoms with Crippen LogP contribution in [0.1, 0.15) is 24.8 Å². The van der Waals surface area contributed by atoms with Crippen LogP contribution in [0.2, 0.25) is 0 Å². The van der Waals surface area contributed by atoms with Gasteiger partial charge in [-0.1, -0.05) is 6.42 Å². The third-order valence-corrected chi connectivity index (χ3v) is 3.61. The molecule has 1 saturated carbocycles. The highest BCUT2D eigenvalue weighted by atomic mass is 19.1. The Kier molecular flexibility index (Phi) is 3.15. The van der Waals surface area contributed by atoms with Crippen molar-refractivity contribution in [1.29, 1.82) is 0 Å². The predicted octanol–water partition coefficient (Wildman–Crippen LogP) is 2.35. The Morgan fingerprint density at radius 1 is 1.28 bits per heavy atom. The number of halogens is 1. The van der Waals surface area contributed by atoms with E-state index in [4.69, 9.17) is 9.47 Å². The van der Waals surface area contributed by atoms with Crippen molar-refractivity contribution >= 4 is 5.97 Å². The first-order chi connectivity index (χ1) is 8.55. The first-order valence-corrected chi connectivity index (χ1v) is 5.70. The Morgan fingerprint density at radius 2 is 1.83 bits per heavy atom. The molecule has 5 heteroatoms. The number of hydrogen-bond acceptors (Lipinski definition) is 3. The van der Waals surface area contributed by atoms with Gasteiger partial charge in [0.1, 0.15) is 5.82 Å². The number of rotatable bonds is 4. The van der Waals surface area contributed by atoms with E-state index in [1.165, 1.54) is 26.4 Å². The Hall–Kier alpha value is -1.78. The van der Waals surface area contributed by atoms with E-state index in [0.29, 0.717) is 18.6 Å². The number of carbonyl (C=O) groups is 1. The first kappa shape index (κ1) is 12.7. The maximum Gasteiger partial charge on any atom is 0.314 e. The van der Waals surface area contributed by atoms with Gasteiger partial charge in [-0.15, -0.1) is 0 Å². The Labute approximate surface area is 104 Å². The number of aliphatic carboxylic acids is 1. The lowest BCUT2D eigenvalue weighted by Gasteiger charge is -2.38. The van der Waals surface area contributed by atoms with Crippen molar-refractivity contribution in [3.8, 4) is 11.5 Å². The van der Waals surface area contributed by atoms with Crippen LogP contribution >= 0.6 is 0 Å². The van der Waals surface area contributed by atoms with Gasteiger partial charge >= 0.3 is 5.97 Å². The third kappa shape index (κ3) is 1.70. The molecule has 1 N–H and O–H groups in total. The fourth-order valence-corrected chi connectivity index (χ4v) is 2.35. The van der Waals surface area contributed by atoms with Gasteiger partial charge in [0.15, 0.2) is 11.5 Å². The van der Waals surface area contributed by atoms with E-state index in [1.54, 1.807) is 0 Å². The molecule has 0 heterocycles. The van der Waals surface area contributed by atoms with Gasteiger partial charge in [0.2, 0.25) is 0 Å². The van der Waals surface area contributed by atoms with Gasteiger partial charge in [-0.3, -0.25) is 4.79 Å². The molecule has 98 valence electrons. The fraction of sp³-hybridized carbons (Fsp3) is 0.462. The van der Waals surface area contributed by atoms with E-state index in [1.807, 2.05) is 0 Å². The minimum Gasteiger partial charge on any atom is -0.493 e. The molecule has 0 atom stereocenters. The van der Waals surface area contributed by atoms with Gasteiger partial charge in [0, 0.05) is 11.6 Å². The van der Waals surface area contributed by atoms with Gasteiger partial charge in [-0.25, -0.2) is 4.39 Å². The molecule has 0 saturated heterocycles. The zero-order valence-corrected chi connectivity index (χ0v) is 10.3. The molecular formula is C13H15FO4. The topological polar surface area (TPSA) is 55.8 Å². The van der Waals surface area contributed by atoms with Gasteiger partial charge < -0.3 is 14.6 Å². The fourth-order valence-electron chi connectivity index (χ4n) is 2.35. The molecule has 0 amide bonds. The van der Waals surface area contributed by atoms with Crippen LogP contribution in [-0.4, -0.2) is 25.3 Å². The van der Waals surface area contributed by atoms with Crippen molar-refractivity contribution in [2.75, 3.05) is 14.2 Å². The van der Waals surface area contributed by atoms with Crippen LogP contribution in [0.3, 0.4) is 0 Å². The van der Waals surface area contributed by atoms with Crippen LogP contribution in [0.4, 0.5) is 4.39 Å². The molecule has 18 heavy (non-hydrogen) atoms. The van der Waals surface area contributed by atoms with Gasteiger partial charge in [0.05, 0.1) is 19.6 Å². The second-order valence-corrected chi connectivity index (χ2v) is 4.43. The molecule has 0 spiro atoms. The molecule has 1 aliphatic carbocycles. The Bertz CT molecular complexity index is 480. The van der Waals surface area contributed by atoms with Crippen LogP contribution in [0.15, 0.2) is 12.1 Å². The van der Waals surface area contributed by atoms with Crippen LogP contribution < -0.4 is 9.47 Å². The number of carboxylic acids is 1. The summed E-state index contributed by atoms with van der Waals surface area (Å²) in [6.45, 7) is 0. The summed E-state index contributed by atoms with van der Waals surface area (Å²) in [6, 6.07) is 2.61. The molecule has 0 aliphatic heterocycles. The van der Waals surface area contributed by atoms with Crippen molar-refractivity contribution < 1.29 is 23.8 Å². The first-order valence-electron chi connectivity index (χ1n) is 5.70. The van der Waals surface area contributed by atoms with Crippen molar-refractivity contribution in [2.45, 2.75) is 24.7 Å². The SMILES string of the molecule is COc1cc(F)c(C2(C(=O)O)CCC2)cc1OC. The number of ether oxygens (including phenoxy) is 2. The summed E-state index contributed by atoms with van der Waals surface area (Å²) in [5, 5.41) is 9.31. The molecule has 4 nitrogen and oxygen atoms in total. The Balaban J connectivity index is 2.54. The number of methoxy groups -OCH3 is 2. The van der Waals surface area contributed by atoms with Crippen LogP contribution in [0.25, 0.3) is 0 Å². The second-order valence-electron chi connectivity index (χ2n) is 4.43. The highest BCUT2D eigenvalue weighted by Crippen LogP contribution is 2.47. The van der Waals surface area contributed by atoms with Gasteiger partial charge in [-0.2, -0.15) is 0 Å². The number of benzene rings is 1. The molecule has 2 rings (SSSR count). The molecule has 1 aromatic carbocycles. The average Bonchev–Trinajstić information content (AvgIpc) is 2.28. The van der Waals surface area contributed by atoms with Gasteiger partial charge in [-0.05, 0) is 18.9 Å². The van der Waals surface area contributed by atoms with E-state index in [0.717, 1.165) is 6.42 Å². The standard InChI is InChI=1S/C13H15FO4/c1-17-10-6-8(9(14)7-11(10)18-2)13(12(15)16)4-3-5-13/h6-7H,3-5H2,1-2H3,(H,15,16). The van der Waals surface area contributed by atoms with Crippen molar-refractivity contribution in [3.63, 3.8) is 0 Å². The zero-order valence-electron chi connectivity index (χ0n) is 10.3. The summed E-state index contributed by atoms with van der Waals surface area (Å²) in [5.41, 5.74) is -0.928. The summed E-state index contributed by atoms with van der Waals surface area (Å²) in [5.74, 6) is -0.936. The quantitative estimate of drug-likeness (QED) is 0.896. The minimum atomic E-state index is -1.11. The van der Waals surface area contributed by atoms with E-state index in [9.17, 15) is 14.3 Å². The zero-order chi connectivity index (χ0) is 13.3. The molecule has 0 unspecified atom stereocenters. The number of carboxylic acid groups (broad SMARTS) is 1. The lowest BCUT2D eigenvalue weighted by molar-refractivity contribution is -0.147. The van der Waals surface area contributed by atoms with Gasteiger partial charge in [0.25, 0.3) is 0 Å².